The molecule has 0 amide bonds. The Morgan fingerprint density at radius 3 is 2.59 bits per heavy atom. The van der Waals surface area contributed by atoms with Gasteiger partial charge in [0.05, 0.1) is 25.2 Å². The van der Waals surface area contributed by atoms with Crippen LogP contribution in [0.3, 0.4) is 0 Å². The second-order valence-corrected chi connectivity index (χ2v) is 10.9. The van der Waals surface area contributed by atoms with Crippen molar-refractivity contribution in [2.75, 3.05) is 25.6 Å². The van der Waals surface area contributed by atoms with Gasteiger partial charge in [0.1, 0.15) is 17.9 Å². The van der Waals surface area contributed by atoms with E-state index >= 15 is 0 Å². The quantitative estimate of drug-likeness (QED) is 0.119. The number of hydrogen-bond acceptors (Lipinski definition) is 8. The Balaban J connectivity index is 1.36. The van der Waals surface area contributed by atoms with E-state index in [4.69, 9.17) is 20.3 Å². The predicted molar refractivity (Wildman–Crippen MR) is 149 cm³/mol. The van der Waals surface area contributed by atoms with Crippen molar-refractivity contribution in [1.29, 1.82) is 0 Å². The molecule has 0 radical (unpaired) electrons. The van der Waals surface area contributed by atoms with Crippen LogP contribution in [0.5, 0.6) is 5.75 Å². The number of rotatable bonds is 14. The zero-order valence-electron chi connectivity index (χ0n) is 22.4. The predicted octanol–water partition coefficient (Wildman–Crippen LogP) is 4.96. The number of halogens is 2. The van der Waals surface area contributed by atoms with Gasteiger partial charge in [-0.2, -0.15) is 8.78 Å². The minimum Gasteiger partial charge on any atom is -0.591 e. The summed E-state index contributed by atoms with van der Waals surface area (Å²) in [5.74, 6) is 0.0886. The van der Waals surface area contributed by atoms with E-state index in [0.29, 0.717) is 29.0 Å². The highest BCUT2D eigenvalue weighted by Crippen LogP contribution is 2.38. The van der Waals surface area contributed by atoms with Gasteiger partial charge in [0, 0.05) is 23.4 Å². The molecule has 0 fully saturated rings. The Bertz CT molecular complexity index is 1580. The first-order valence-corrected chi connectivity index (χ1v) is 14.2. The standard InChI is InChI=1S/C29H30F2N3O6P/c1-18-14-22(40-13-12-39-11-10-29(30,31)41(37)38)7-6-21(18)5-2-20-15-24-23-8-3-19(4-9-26(35)36)16-25(23)34-28(32)27(24)33-17-20/h3,6-8,14-17H,2,4-5,9-13H2,1H3,(H2,32,34)(H,35,36). The molecule has 2 aromatic heterocycles. The van der Waals surface area contributed by atoms with Gasteiger partial charge in [0.15, 0.2) is 5.82 Å². The second kappa shape index (κ2) is 13.2. The lowest BCUT2D eigenvalue weighted by Crippen LogP contribution is -2.19. The fourth-order valence-corrected chi connectivity index (χ4v) is 4.74. The van der Waals surface area contributed by atoms with Gasteiger partial charge in [0.2, 0.25) is 0 Å². The van der Waals surface area contributed by atoms with E-state index in [9.17, 15) is 23.0 Å². The van der Waals surface area contributed by atoms with Crippen LogP contribution in [0.15, 0.2) is 48.7 Å². The Kier molecular flexibility index (Phi) is 9.75. The number of aromatic nitrogens is 2. The zero-order valence-corrected chi connectivity index (χ0v) is 23.3. The first-order valence-electron chi connectivity index (χ1n) is 13.0. The average molecular weight is 586 g/mol. The van der Waals surface area contributed by atoms with Gasteiger partial charge in [0.25, 0.3) is 0 Å². The fraction of sp³-hybridized carbons (Fsp3) is 0.345. The number of nitrogen functional groups attached to an aromatic ring is 1. The van der Waals surface area contributed by atoms with Gasteiger partial charge < -0.3 is 25.2 Å². The van der Waals surface area contributed by atoms with Crippen LogP contribution < -0.4 is 15.4 Å². The first-order chi connectivity index (χ1) is 19.5. The van der Waals surface area contributed by atoms with Crippen molar-refractivity contribution < 1.29 is 37.6 Å². The lowest BCUT2D eigenvalue weighted by atomic mass is 9.99. The lowest BCUT2D eigenvalue weighted by molar-refractivity contribution is -0.185. The van der Waals surface area contributed by atoms with E-state index in [1.807, 2.05) is 43.3 Å². The number of carboxylic acid groups (broad SMARTS) is 1. The van der Waals surface area contributed by atoms with Gasteiger partial charge >= 0.3 is 19.7 Å². The van der Waals surface area contributed by atoms with Crippen LogP contribution >= 0.6 is 8.03 Å². The molecule has 4 rings (SSSR count). The monoisotopic (exact) mass is 585 g/mol. The number of hydrogen-bond donors (Lipinski definition) is 2. The number of anilines is 1. The summed E-state index contributed by atoms with van der Waals surface area (Å²) >= 11 is 0. The number of ether oxygens (including phenoxy) is 2. The molecule has 0 spiro atoms. The van der Waals surface area contributed by atoms with Gasteiger partial charge in [-0.3, -0.25) is 9.78 Å². The molecule has 0 aliphatic heterocycles. The highest BCUT2D eigenvalue weighted by molar-refractivity contribution is 7.37. The molecule has 3 N–H and O–H groups in total. The molecule has 1 atom stereocenters. The summed E-state index contributed by atoms with van der Waals surface area (Å²) < 4.78 is 47.2. The molecular weight excluding hydrogens is 555 g/mol. The number of aryl methyl sites for hydroxylation is 4. The number of alkyl halides is 2. The highest BCUT2D eigenvalue weighted by Gasteiger charge is 2.43. The molecule has 4 aromatic rings. The van der Waals surface area contributed by atoms with Crippen LogP contribution in [-0.2, 0) is 33.4 Å². The van der Waals surface area contributed by atoms with E-state index in [1.165, 1.54) is 0 Å². The van der Waals surface area contributed by atoms with Crippen molar-refractivity contribution in [3.63, 3.8) is 0 Å². The van der Waals surface area contributed by atoms with Crippen molar-refractivity contribution in [1.82, 2.24) is 9.97 Å². The van der Waals surface area contributed by atoms with Crippen molar-refractivity contribution in [2.24, 2.45) is 0 Å². The molecule has 12 heteroatoms. The number of nitrogens with zero attached hydrogens (tertiary/aromatic N) is 2. The lowest BCUT2D eigenvalue weighted by Gasteiger charge is -2.12. The maximum Gasteiger partial charge on any atom is 0.440 e. The van der Waals surface area contributed by atoms with Gasteiger partial charge in [-0.25, -0.2) is 4.98 Å². The molecule has 2 aromatic carbocycles. The van der Waals surface area contributed by atoms with Crippen LogP contribution in [-0.4, -0.2) is 46.5 Å². The number of pyridine rings is 2. The summed E-state index contributed by atoms with van der Waals surface area (Å²) in [6, 6.07) is 13.5. The van der Waals surface area contributed by atoms with E-state index < -0.39 is 26.1 Å². The first kappa shape index (κ1) is 30.2. The number of fused-ring (bicyclic) bond motifs is 3. The highest BCUT2D eigenvalue weighted by atomic mass is 31.1. The number of benzene rings is 2. The fourth-order valence-electron chi connectivity index (χ4n) is 4.47. The average Bonchev–Trinajstić information content (AvgIpc) is 2.93. The van der Waals surface area contributed by atoms with Gasteiger partial charge in [-0.1, -0.05) is 22.8 Å². The summed E-state index contributed by atoms with van der Waals surface area (Å²) in [4.78, 5) is 30.4. The van der Waals surface area contributed by atoms with Crippen LogP contribution in [0.4, 0.5) is 14.6 Å². The summed E-state index contributed by atoms with van der Waals surface area (Å²) in [7, 11) is -3.82. The normalized spacial score (nSPS) is 12.1. The third-order valence-corrected chi connectivity index (χ3v) is 7.47. The van der Waals surface area contributed by atoms with Crippen LogP contribution in [0.1, 0.15) is 35.1 Å². The molecule has 41 heavy (non-hydrogen) atoms. The number of aliphatic carboxylic acids is 1. The molecule has 216 valence electrons. The maximum absolute atomic E-state index is 13.0. The number of nitrogens with two attached hydrogens (primary N) is 1. The van der Waals surface area contributed by atoms with E-state index in [-0.39, 0.29) is 26.2 Å². The van der Waals surface area contributed by atoms with Crippen LogP contribution in [0, 0.1) is 6.92 Å². The largest absolute Gasteiger partial charge is 0.591 e. The Morgan fingerprint density at radius 1 is 1.05 bits per heavy atom. The third kappa shape index (κ3) is 7.91. The SMILES string of the molecule is Cc1cc(OCCOCCC(F)(F)[P+](=O)[O-])ccc1CCc1cnc2c(N)nc3cc(CCC(=O)O)ccc3c2c1. The summed E-state index contributed by atoms with van der Waals surface area (Å²) in [6.07, 6.45) is 2.86. The molecular formula is C29H30F2N3O6P. The van der Waals surface area contributed by atoms with E-state index in [2.05, 4.69) is 16.0 Å². The molecule has 0 aliphatic carbocycles. The number of carbonyl (C=O) groups is 1. The molecule has 0 saturated heterocycles. The summed E-state index contributed by atoms with van der Waals surface area (Å²) in [5, 5.41) is 10.8. The molecule has 0 saturated carbocycles. The maximum atomic E-state index is 13.0. The second-order valence-electron chi connectivity index (χ2n) is 9.70. The molecule has 0 aliphatic rings. The van der Waals surface area contributed by atoms with Crippen LogP contribution in [0.25, 0.3) is 21.8 Å². The van der Waals surface area contributed by atoms with Gasteiger partial charge in [-0.15, -0.1) is 0 Å². The number of carboxylic acids is 1. The Labute approximate surface area is 236 Å². The topological polar surface area (TPSA) is 148 Å². The third-order valence-electron chi connectivity index (χ3n) is 6.72. The molecule has 0 bridgehead atoms. The van der Waals surface area contributed by atoms with Gasteiger partial charge in [-0.05, 0) is 72.7 Å². The van der Waals surface area contributed by atoms with Crippen molar-refractivity contribution in [2.45, 2.75) is 44.7 Å². The summed E-state index contributed by atoms with van der Waals surface area (Å²) in [5.41, 5.74) is 7.82. The van der Waals surface area contributed by atoms with E-state index in [1.54, 1.807) is 6.20 Å². The Morgan fingerprint density at radius 2 is 1.85 bits per heavy atom. The van der Waals surface area contributed by atoms with Crippen molar-refractivity contribution in [3.8, 4) is 5.75 Å². The summed E-state index contributed by atoms with van der Waals surface area (Å²) in [6.45, 7) is 1.79. The molecule has 2 heterocycles. The molecule has 9 nitrogen and oxygen atoms in total. The minimum absolute atomic E-state index is 0.0422. The van der Waals surface area contributed by atoms with Crippen LogP contribution in [0.2, 0.25) is 0 Å². The smallest absolute Gasteiger partial charge is 0.440 e. The zero-order chi connectivity index (χ0) is 29.6. The minimum atomic E-state index is -3.82. The molecule has 1 unspecified atom stereocenters. The Hall–Kier alpha value is -3.79. The van der Waals surface area contributed by atoms with E-state index in [0.717, 1.165) is 45.9 Å². The van der Waals surface area contributed by atoms with Crippen molar-refractivity contribution in [3.05, 3.63) is 70.9 Å². The van der Waals surface area contributed by atoms with Crippen molar-refractivity contribution >= 4 is 41.6 Å².